The van der Waals surface area contributed by atoms with E-state index in [9.17, 15) is 0 Å². The van der Waals surface area contributed by atoms with E-state index in [1.54, 1.807) is 0 Å². The van der Waals surface area contributed by atoms with E-state index in [-0.39, 0.29) is 0 Å². The maximum Gasteiger partial charge on any atom is 0.0401 e. The average Bonchev–Trinajstić information content (AvgIpc) is 2.25. The van der Waals surface area contributed by atoms with Crippen molar-refractivity contribution in [2.45, 2.75) is 39.7 Å². The van der Waals surface area contributed by atoms with Gasteiger partial charge in [0.05, 0.1) is 0 Å². The number of nitrogens with one attached hydrogen (secondary N) is 2. The highest BCUT2D eigenvalue weighted by molar-refractivity contribution is 5.58. The highest BCUT2D eigenvalue weighted by Gasteiger charge is 2.14. The zero-order valence-electron chi connectivity index (χ0n) is 10.6. The number of aryl methyl sites for hydroxylation is 3. The minimum absolute atomic E-state index is 0.640. The first-order valence-electron chi connectivity index (χ1n) is 6.22. The first-order chi connectivity index (χ1) is 7.66. The quantitative estimate of drug-likeness (QED) is 0.797. The molecule has 2 N–H and O–H groups in total. The van der Waals surface area contributed by atoms with Crippen LogP contribution >= 0.6 is 0 Å². The first-order valence-corrected chi connectivity index (χ1v) is 6.22. The predicted molar refractivity (Wildman–Crippen MR) is 70.2 cm³/mol. The molecule has 1 aliphatic heterocycles. The normalized spacial score (nSPS) is 17.4. The molecule has 1 aromatic rings. The van der Waals surface area contributed by atoms with Crippen LogP contribution in [0.5, 0.6) is 0 Å². The third-order valence-corrected chi connectivity index (χ3v) is 3.36. The predicted octanol–water partition coefficient (Wildman–Crippen LogP) is 2.78. The van der Waals surface area contributed by atoms with Crippen molar-refractivity contribution in [2.24, 2.45) is 0 Å². The lowest BCUT2D eigenvalue weighted by molar-refractivity contribution is 0.479. The molecule has 0 bridgehead atoms. The summed E-state index contributed by atoms with van der Waals surface area (Å²) < 4.78 is 0. The van der Waals surface area contributed by atoms with E-state index in [0.717, 1.165) is 13.1 Å². The van der Waals surface area contributed by atoms with Gasteiger partial charge in [-0.1, -0.05) is 17.7 Å². The van der Waals surface area contributed by atoms with Crippen molar-refractivity contribution in [3.63, 3.8) is 0 Å². The van der Waals surface area contributed by atoms with Crippen molar-refractivity contribution in [2.75, 3.05) is 18.4 Å². The Morgan fingerprint density at radius 3 is 2.19 bits per heavy atom. The Balaban J connectivity index is 2.14. The van der Waals surface area contributed by atoms with Gasteiger partial charge in [0.25, 0.3) is 0 Å². The van der Waals surface area contributed by atoms with Gasteiger partial charge in [-0.3, -0.25) is 0 Å². The molecule has 2 heteroatoms. The van der Waals surface area contributed by atoms with Crippen LogP contribution in [0.25, 0.3) is 0 Å². The Hall–Kier alpha value is -1.02. The van der Waals surface area contributed by atoms with Gasteiger partial charge in [0.15, 0.2) is 0 Å². The van der Waals surface area contributed by atoms with Gasteiger partial charge >= 0.3 is 0 Å². The van der Waals surface area contributed by atoms with Gasteiger partial charge in [-0.05, 0) is 57.8 Å². The van der Waals surface area contributed by atoms with Crippen molar-refractivity contribution in [3.8, 4) is 0 Å². The molecule has 0 aliphatic carbocycles. The molecule has 16 heavy (non-hydrogen) atoms. The van der Waals surface area contributed by atoms with Gasteiger partial charge in [-0.15, -0.1) is 0 Å². The van der Waals surface area contributed by atoms with Gasteiger partial charge in [0, 0.05) is 11.7 Å². The Kier molecular flexibility index (Phi) is 3.49. The first kappa shape index (κ1) is 11.5. The molecule has 0 unspecified atom stereocenters. The summed E-state index contributed by atoms with van der Waals surface area (Å²) in [6, 6.07) is 5.16. The average molecular weight is 218 g/mol. The summed E-state index contributed by atoms with van der Waals surface area (Å²) in [7, 11) is 0. The largest absolute Gasteiger partial charge is 0.382 e. The van der Waals surface area contributed by atoms with Crippen LogP contribution in [-0.4, -0.2) is 19.1 Å². The standard InChI is InChI=1S/C14H22N2/c1-10-8-11(2)14(12(3)9-10)16-13-4-6-15-7-5-13/h8-9,13,15-16H,4-7H2,1-3H3. The van der Waals surface area contributed by atoms with E-state index < -0.39 is 0 Å². The van der Waals surface area contributed by atoms with E-state index >= 15 is 0 Å². The molecule has 88 valence electrons. The molecule has 0 radical (unpaired) electrons. The van der Waals surface area contributed by atoms with Crippen molar-refractivity contribution in [3.05, 3.63) is 28.8 Å². The minimum Gasteiger partial charge on any atom is -0.382 e. The molecular weight excluding hydrogens is 196 g/mol. The highest BCUT2D eigenvalue weighted by atomic mass is 15.0. The van der Waals surface area contributed by atoms with Crippen molar-refractivity contribution < 1.29 is 0 Å². The molecule has 0 saturated carbocycles. The molecule has 0 spiro atoms. The molecule has 2 rings (SSSR count). The molecule has 0 amide bonds. The Bertz CT molecular complexity index is 342. The molecule has 0 atom stereocenters. The summed E-state index contributed by atoms with van der Waals surface area (Å²) in [5.41, 5.74) is 5.44. The second-order valence-corrected chi connectivity index (χ2v) is 4.94. The lowest BCUT2D eigenvalue weighted by atomic mass is 10.0. The van der Waals surface area contributed by atoms with Crippen LogP contribution in [0.4, 0.5) is 5.69 Å². The van der Waals surface area contributed by atoms with Crippen molar-refractivity contribution in [1.82, 2.24) is 5.32 Å². The van der Waals surface area contributed by atoms with E-state index in [1.807, 2.05) is 0 Å². The summed E-state index contributed by atoms with van der Waals surface area (Å²) >= 11 is 0. The van der Waals surface area contributed by atoms with Crippen LogP contribution in [-0.2, 0) is 0 Å². The lowest BCUT2D eigenvalue weighted by Crippen LogP contribution is -2.35. The van der Waals surface area contributed by atoms with Gasteiger partial charge in [0.2, 0.25) is 0 Å². The number of anilines is 1. The fourth-order valence-electron chi connectivity index (χ4n) is 2.58. The van der Waals surface area contributed by atoms with E-state index in [2.05, 4.69) is 43.5 Å². The third kappa shape index (κ3) is 2.56. The Labute approximate surface area is 98.4 Å². The third-order valence-electron chi connectivity index (χ3n) is 3.36. The maximum absolute atomic E-state index is 3.70. The van der Waals surface area contributed by atoms with Crippen LogP contribution in [0, 0.1) is 20.8 Å². The molecule has 1 aliphatic rings. The summed E-state index contributed by atoms with van der Waals surface area (Å²) in [6.45, 7) is 8.84. The molecule has 1 heterocycles. The molecule has 2 nitrogen and oxygen atoms in total. The zero-order chi connectivity index (χ0) is 11.5. The molecule has 1 saturated heterocycles. The number of hydrogen-bond donors (Lipinski definition) is 2. The lowest BCUT2D eigenvalue weighted by Gasteiger charge is -2.26. The number of rotatable bonds is 2. The van der Waals surface area contributed by atoms with Crippen LogP contribution in [0.2, 0.25) is 0 Å². The second kappa shape index (κ2) is 4.88. The van der Waals surface area contributed by atoms with Crippen molar-refractivity contribution >= 4 is 5.69 Å². The molecule has 1 aromatic carbocycles. The van der Waals surface area contributed by atoms with Gasteiger partial charge in [0.1, 0.15) is 0 Å². The number of hydrogen-bond acceptors (Lipinski definition) is 2. The number of piperidine rings is 1. The van der Waals surface area contributed by atoms with Crippen LogP contribution < -0.4 is 10.6 Å². The zero-order valence-corrected chi connectivity index (χ0v) is 10.6. The second-order valence-electron chi connectivity index (χ2n) is 4.94. The highest BCUT2D eigenvalue weighted by Crippen LogP contribution is 2.24. The topological polar surface area (TPSA) is 24.1 Å². The monoisotopic (exact) mass is 218 g/mol. The SMILES string of the molecule is Cc1cc(C)c(NC2CCNCC2)c(C)c1. The smallest absolute Gasteiger partial charge is 0.0401 e. The van der Waals surface area contributed by atoms with E-state index in [0.29, 0.717) is 6.04 Å². The molecule has 0 aromatic heterocycles. The van der Waals surface area contributed by atoms with Crippen LogP contribution in [0.3, 0.4) is 0 Å². The van der Waals surface area contributed by atoms with Gasteiger partial charge in [-0.25, -0.2) is 0 Å². The Morgan fingerprint density at radius 2 is 1.62 bits per heavy atom. The fourth-order valence-corrected chi connectivity index (χ4v) is 2.58. The van der Waals surface area contributed by atoms with Gasteiger partial charge in [-0.2, -0.15) is 0 Å². The van der Waals surface area contributed by atoms with E-state index in [1.165, 1.54) is 35.2 Å². The molecule has 1 fully saturated rings. The summed E-state index contributed by atoms with van der Waals surface area (Å²) in [6.07, 6.45) is 2.46. The van der Waals surface area contributed by atoms with Gasteiger partial charge < -0.3 is 10.6 Å². The fraction of sp³-hybridized carbons (Fsp3) is 0.571. The summed E-state index contributed by atoms with van der Waals surface area (Å²) in [5, 5.41) is 7.10. The summed E-state index contributed by atoms with van der Waals surface area (Å²) in [4.78, 5) is 0. The maximum atomic E-state index is 3.70. The Morgan fingerprint density at radius 1 is 1.06 bits per heavy atom. The van der Waals surface area contributed by atoms with Crippen molar-refractivity contribution in [1.29, 1.82) is 0 Å². The number of benzene rings is 1. The molecular formula is C14H22N2. The van der Waals surface area contributed by atoms with E-state index in [4.69, 9.17) is 0 Å². The minimum atomic E-state index is 0.640. The van der Waals surface area contributed by atoms with Crippen LogP contribution in [0.1, 0.15) is 29.5 Å². The summed E-state index contributed by atoms with van der Waals surface area (Å²) in [5.74, 6) is 0. The van der Waals surface area contributed by atoms with Crippen LogP contribution in [0.15, 0.2) is 12.1 Å².